The lowest BCUT2D eigenvalue weighted by molar-refractivity contribution is -0.146. The molecule has 1 aromatic rings. The van der Waals surface area contributed by atoms with Gasteiger partial charge in [0.15, 0.2) is 6.10 Å². The SMILES string of the molecule is O=C(O)[C@H](O)c1c(Cl)ccc(F)c1Cl. The van der Waals surface area contributed by atoms with E-state index in [-0.39, 0.29) is 10.6 Å². The summed E-state index contributed by atoms with van der Waals surface area (Å²) in [5.41, 5.74) is -0.333. The topological polar surface area (TPSA) is 57.5 Å². The van der Waals surface area contributed by atoms with Gasteiger partial charge in [0.25, 0.3) is 0 Å². The van der Waals surface area contributed by atoms with Crippen molar-refractivity contribution < 1.29 is 19.4 Å². The molecule has 1 rings (SSSR count). The number of halogens is 3. The van der Waals surface area contributed by atoms with Crippen LogP contribution in [-0.2, 0) is 4.79 Å². The molecule has 14 heavy (non-hydrogen) atoms. The van der Waals surface area contributed by atoms with E-state index in [2.05, 4.69) is 0 Å². The van der Waals surface area contributed by atoms with Gasteiger partial charge in [0.1, 0.15) is 5.82 Å². The Hall–Kier alpha value is -0.840. The van der Waals surface area contributed by atoms with Crippen LogP contribution in [0.4, 0.5) is 4.39 Å². The van der Waals surface area contributed by atoms with Gasteiger partial charge in [0.05, 0.1) is 5.02 Å². The summed E-state index contributed by atoms with van der Waals surface area (Å²) >= 11 is 11.0. The number of aliphatic hydroxyl groups excluding tert-OH is 1. The third-order valence-electron chi connectivity index (χ3n) is 1.59. The predicted molar refractivity (Wildman–Crippen MR) is 49.0 cm³/mol. The zero-order valence-electron chi connectivity index (χ0n) is 6.67. The smallest absolute Gasteiger partial charge is 0.337 e. The van der Waals surface area contributed by atoms with Gasteiger partial charge in [-0.2, -0.15) is 0 Å². The Labute approximate surface area is 88.7 Å². The van der Waals surface area contributed by atoms with Crippen LogP contribution < -0.4 is 0 Å². The monoisotopic (exact) mass is 238 g/mol. The van der Waals surface area contributed by atoms with Crippen LogP contribution >= 0.6 is 23.2 Å². The van der Waals surface area contributed by atoms with Gasteiger partial charge in [0.2, 0.25) is 0 Å². The van der Waals surface area contributed by atoms with Crippen molar-refractivity contribution in [3.8, 4) is 0 Å². The normalized spacial score (nSPS) is 12.6. The summed E-state index contributed by atoms with van der Waals surface area (Å²) in [5, 5.41) is 17.1. The Morgan fingerprint density at radius 3 is 2.50 bits per heavy atom. The number of benzene rings is 1. The Morgan fingerprint density at radius 1 is 1.43 bits per heavy atom. The van der Waals surface area contributed by atoms with Gasteiger partial charge in [-0.15, -0.1) is 0 Å². The van der Waals surface area contributed by atoms with E-state index in [9.17, 15) is 9.18 Å². The largest absolute Gasteiger partial charge is 0.479 e. The lowest BCUT2D eigenvalue weighted by Crippen LogP contribution is -2.12. The molecule has 0 amide bonds. The molecule has 0 aromatic heterocycles. The standard InChI is InChI=1S/C8H5Cl2FO3/c9-3-1-2-4(11)6(10)5(3)7(12)8(13)14/h1-2,7,12H,(H,13,14)/t7-/m1/s1. The summed E-state index contributed by atoms with van der Waals surface area (Å²) in [4.78, 5) is 10.4. The molecule has 0 aliphatic rings. The third kappa shape index (κ3) is 1.97. The zero-order valence-corrected chi connectivity index (χ0v) is 8.18. The van der Waals surface area contributed by atoms with Crippen molar-refractivity contribution in [1.29, 1.82) is 0 Å². The van der Waals surface area contributed by atoms with Crippen LogP contribution in [0.3, 0.4) is 0 Å². The second-order valence-electron chi connectivity index (χ2n) is 2.50. The molecule has 0 aliphatic carbocycles. The van der Waals surface area contributed by atoms with E-state index in [1.165, 1.54) is 0 Å². The average molecular weight is 239 g/mol. The number of carbonyl (C=O) groups is 1. The van der Waals surface area contributed by atoms with E-state index in [0.29, 0.717) is 0 Å². The quantitative estimate of drug-likeness (QED) is 0.778. The maximum Gasteiger partial charge on any atom is 0.337 e. The maximum atomic E-state index is 12.9. The molecule has 1 atom stereocenters. The predicted octanol–water partition coefficient (Wildman–Crippen LogP) is 2.25. The summed E-state index contributed by atoms with van der Waals surface area (Å²) in [6, 6.07) is 2.12. The van der Waals surface area contributed by atoms with Crippen LogP contribution in [0.15, 0.2) is 12.1 Å². The van der Waals surface area contributed by atoms with E-state index in [1.807, 2.05) is 0 Å². The van der Waals surface area contributed by atoms with Gasteiger partial charge >= 0.3 is 5.97 Å². The highest BCUT2D eigenvalue weighted by Crippen LogP contribution is 2.32. The van der Waals surface area contributed by atoms with Crippen LogP contribution in [0, 0.1) is 5.82 Å². The van der Waals surface area contributed by atoms with Crippen LogP contribution in [0.2, 0.25) is 10.0 Å². The van der Waals surface area contributed by atoms with Gasteiger partial charge in [-0.05, 0) is 12.1 Å². The number of carboxylic acids is 1. The minimum absolute atomic E-state index is 0.0914. The average Bonchev–Trinajstić information content (AvgIpc) is 2.12. The van der Waals surface area contributed by atoms with Crippen molar-refractivity contribution in [3.63, 3.8) is 0 Å². The molecule has 0 bridgehead atoms. The van der Waals surface area contributed by atoms with Gasteiger partial charge in [-0.1, -0.05) is 23.2 Å². The van der Waals surface area contributed by atoms with Gasteiger partial charge in [-0.3, -0.25) is 0 Å². The maximum absolute atomic E-state index is 12.9. The molecule has 0 unspecified atom stereocenters. The lowest BCUT2D eigenvalue weighted by atomic mass is 10.1. The first kappa shape index (κ1) is 11.2. The fourth-order valence-electron chi connectivity index (χ4n) is 0.917. The molecule has 76 valence electrons. The molecular weight excluding hydrogens is 234 g/mol. The molecule has 0 saturated heterocycles. The summed E-state index contributed by atoms with van der Waals surface area (Å²) in [6.45, 7) is 0. The number of aliphatic hydroxyl groups is 1. The Kier molecular flexibility index (Phi) is 3.31. The Morgan fingerprint density at radius 2 is 2.00 bits per heavy atom. The van der Waals surface area contributed by atoms with Gasteiger partial charge in [-0.25, -0.2) is 9.18 Å². The first-order chi connectivity index (χ1) is 6.45. The van der Waals surface area contributed by atoms with Crippen molar-refractivity contribution in [2.75, 3.05) is 0 Å². The summed E-state index contributed by atoms with van der Waals surface area (Å²) < 4.78 is 12.9. The number of hydrogen-bond acceptors (Lipinski definition) is 2. The molecule has 1 aromatic carbocycles. The fraction of sp³-hybridized carbons (Fsp3) is 0.125. The number of carboxylic acid groups (broad SMARTS) is 1. The first-order valence-corrected chi connectivity index (χ1v) is 4.25. The fourth-order valence-corrected chi connectivity index (χ4v) is 1.49. The van der Waals surface area contributed by atoms with E-state index < -0.39 is 22.9 Å². The second-order valence-corrected chi connectivity index (χ2v) is 3.28. The molecule has 6 heteroatoms. The highest BCUT2D eigenvalue weighted by Gasteiger charge is 2.23. The van der Waals surface area contributed by atoms with Gasteiger partial charge < -0.3 is 10.2 Å². The van der Waals surface area contributed by atoms with Gasteiger partial charge in [0, 0.05) is 10.6 Å². The Balaban J connectivity index is 3.32. The van der Waals surface area contributed by atoms with Crippen LogP contribution in [-0.4, -0.2) is 16.2 Å². The van der Waals surface area contributed by atoms with E-state index >= 15 is 0 Å². The minimum atomic E-state index is -1.93. The number of rotatable bonds is 2. The molecule has 0 saturated carbocycles. The molecular formula is C8H5Cl2FO3. The van der Waals surface area contributed by atoms with Crippen molar-refractivity contribution in [3.05, 3.63) is 33.6 Å². The van der Waals surface area contributed by atoms with E-state index in [0.717, 1.165) is 12.1 Å². The van der Waals surface area contributed by atoms with E-state index in [4.69, 9.17) is 33.4 Å². The zero-order chi connectivity index (χ0) is 10.9. The lowest BCUT2D eigenvalue weighted by Gasteiger charge is -2.10. The summed E-state index contributed by atoms with van der Waals surface area (Å²) in [7, 11) is 0. The molecule has 0 aliphatic heterocycles. The Bertz CT molecular complexity index is 381. The van der Waals surface area contributed by atoms with Crippen molar-refractivity contribution in [2.45, 2.75) is 6.10 Å². The summed E-state index contributed by atoms with van der Waals surface area (Å²) in [5.74, 6) is -2.37. The molecule has 3 nitrogen and oxygen atoms in total. The number of hydrogen-bond donors (Lipinski definition) is 2. The second kappa shape index (κ2) is 4.13. The van der Waals surface area contributed by atoms with Crippen molar-refractivity contribution in [1.82, 2.24) is 0 Å². The first-order valence-electron chi connectivity index (χ1n) is 3.49. The van der Waals surface area contributed by atoms with Crippen LogP contribution in [0.5, 0.6) is 0 Å². The molecule has 0 radical (unpaired) electrons. The number of aliphatic carboxylic acids is 1. The molecule has 0 fully saturated rings. The highest BCUT2D eigenvalue weighted by atomic mass is 35.5. The highest BCUT2D eigenvalue weighted by molar-refractivity contribution is 6.36. The van der Waals surface area contributed by atoms with E-state index in [1.54, 1.807) is 0 Å². The van der Waals surface area contributed by atoms with Crippen molar-refractivity contribution in [2.24, 2.45) is 0 Å². The summed E-state index contributed by atoms with van der Waals surface area (Å²) in [6.07, 6.45) is -1.93. The molecule has 0 heterocycles. The van der Waals surface area contributed by atoms with Crippen LogP contribution in [0.25, 0.3) is 0 Å². The van der Waals surface area contributed by atoms with Crippen LogP contribution in [0.1, 0.15) is 11.7 Å². The van der Waals surface area contributed by atoms with Crippen molar-refractivity contribution >= 4 is 29.2 Å². The third-order valence-corrected chi connectivity index (χ3v) is 2.30. The molecule has 2 N–H and O–H groups in total. The minimum Gasteiger partial charge on any atom is -0.479 e. The molecule has 0 spiro atoms.